The van der Waals surface area contributed by atoms with Gasteiger partial charge in [0.15, 0.2) is 0 Å². The SMILES string of the molecule is CNc1ccc(C(=O)N(C)Cc2ncc[nH]2)cc1C. The molecule has 1 aromatic heterocycles. The summed E-state index contributed by atoms with van der Waals surface area (Å²) in [6.07, 6.45) is 3.43. The molecule has 0 unspecified atom stereocenters. The molecule has 100 valence electrons. The van der Waals surface area contributed by atoms with Gasteiger partial charge in [-0.3, -0.25) is 4.79 Å². The van der Waals surface area contributed by atoms with Crippen LogP contribution in [0.3, 0.4) is 0 Å². The Kier molecular flexibility index (Phi) is 3.85. The molecule has 2 aromatic rings. The minimum absolute atomic E-state index is 0.0119. The fourth-order valence-electron chi connectivity index (χ4n) is 1.98. The highest BCUT2D eigenvalue weighted by molar-refractivity contribution is 5.94. The van der Waals surface area contributed by atoms with E-state index in [1.54, 1.807) is 24.3 Å². The minimum Gasteiger partial charge on any atom is -0.388 e. The molecule has 0 saturated carbocycles. The molecular weight excluding hydrogens is 240 g/mol. The first kappa shape index (κ1) is 13.1. The number of carbonyl (C=O) groups excluding carboxylic acids is 1. The van der Waals surface area contributed by atoms with E-state index < -0.39 is 0 Å². The predicted octanol–water partition coefficient (Wildman–Crippen LogP) is 2.03. The van der Waals surface area contributed by atoms with E-state index in [1.807, 2.05) is 32.2 Å². The number of aromatic amines is 1. The molecule has 0 fully saturated rings. The zero-order chi connectivity index (χ0) is 13.8. The Morgan fingerprint density at radius 2 is 2.26 bits per heavy atom. The van der Waals surface area contributed by atoms with Gasteiger partial charge in [0.25, 0.3) is 5.91 Å². The summed E-state index contributed by atoms with van der Waals surface area (Å²) in [5.41, 5.74) is 2.77. The molecular formula is C14H18N4O. The van der Waals surface area contributed by atoms with Crippen LogP contribution in [0.5, 0.6) is 0 Å². The van der Waals surface area contributed by atoms with Gasteiger partial charge in [0.05, 0.1) is 6.54 Å². The summed E-state index contributed by atoms with van der Waals surface area (Å²) in [6.45, 7) is 2.45. The van der Waals surface area contributed by atoms with Gasteiger partial charge in [0, 0.05) is 37.7 Å². The van der Waals surface area contributed by atoms with Crippen LogP contribution in [0.1, 0.15) is 21.7 Å². The summed E-state index contributed by atoms with van der Waals surface area (Å²) in [5, 5.41) is 3.09. The molecule has 19 heavy (non-hydrogen) atoms. The van der Waals surface area contributed by atoms with Crippen molar-refractivity contribution in [2.75, 3.05) is 19.4 Å². The maximum atomic E-state index is 12.3. The molecule has 0 radical (unpaired) electrons. The number of nitrogens with one attached hydrogen (secondary N) is 2. The lowest BCUT2D eigenvalue weighted by Gasteiger charge is -2.16. The maximum absolute atomic E-state index is 12.3. The third-order valence-corrected chi connectivity index (χ3v) is 3.03. The number of H-pyrrole nitrogens is 1. The highest BCUT2D eigenvalue weighted by Crippen LogP contribution is 2.17. The number of hydrogen-bond acceptors (Lipinski definition) is 3. The molecule has 0 atom stereocenters. The van der Waals surface area contributed by atoms with Crippen LogP contribution in [0.4, 0.5) is 5.69 Å². The van der Waals surface area contributed by atoms with Gasteiger partial charge in [-0.25, -0.2) is 4.98 Å². The van der Waals surface area contributed by atoms with Crippen LogP contribution in [0.2, 0.25) is 0 Å². The summed E-state index contributed by atoms with van der Waals surface area (Å²) in [6, 6.07) is 5.65. The van der Waals surface area contributed by atoms with E-state index in [-0.39, 0.29) is 5.91 Å². The summed E-state index contributed by atoms with van der Waals surface area (Å²) in [4.78, 5) is 21.0. The molecule has 1 amide bonds. The molecule has 0 aliphatic carbocycles. The van der Waals surface area contributed by atoms with Crippen LogP contribution >= 0.6 is 0 Å². The lowest BCUT2D eigenvalue weighted by molar-refractivity contribution is 0.0782. The number of anilines is 1. The number of amides is 1. The van der Waals surface area contributed by atoms with Crippen molar-refractivity contribution in [2.24, 2.45) is 0 Å². The van der Waals surface area contributed by atoms with Crippen molar-refractivity contribution in [2.45, 2.75) is 13.5 Å². The van der Waals surface area contributed by atoms with Crippen LogP contribution in [0.25, 0.3) is 0 Å². The molecule has 2 N–H and O–H groups in total. The van der Waals surface area contributed by atoms with Crippen LogP contribution in [-0.4, -0.2) is 34.9 Å². The van der Waals surface area contributed by atoms with Crippen molar-refractivity contribution >= 4 is 11.6 Å². The number of aromatic nitrogens is 2. The second-order valence-electron chi connectivity index (χ2n) is 4.48. The number of aryl methyl sites for hydroxylation is 1. The summed E-state index contributed by atoms with van der Waals surface area (Å²) >= 11 is 0. The third-order valence-electron chi connectivity index (χ3n) is 3.03. The average molecular weight is 258 g/mol. The number of benzene rings is 1. The van der Waals surface area contributed by atoms with E-state index in [1.165, 1.54) is 0 Å². The Morgan fingerprint density at radius 1 is 1.47 bits per heavy atom. The maximum Gasteiger partial charge on any atom is 0.254 e. The molecule has 1 aromatic carbocycles. The standard InChI is InChI=1S/C14H18N4O/c1-10-8-11(4-5-12(10)15-2)14(19)18(3)9-13-16-6-7-17-13/h4-8,15H,9H2,1-3H3,(H,16,17). The number of carbonyl (C=O) groups is 1. The second kappa shape index (κ2) is 5.56. The Bertz CT molecular complexity index is 563. The second-order valence-corrected chi connectivity index (χ2v) is 4.48. The van der Waals surface area contributed by atoms with Gasteiger partial charge in [0.1, 0.15) is 5.82 Å². The zero-order valence-electron chi connectivity index (χ0n) is 11.4. The van der Waals surface area contributed by atoms with Crippen LogP contribution in [0, 0.1) is 6.92 Å². The third kappa shape index (κ3) is 2.93. The van der Waals surface area contributed by atoms with Crippen LogP contribution in [-0.2, 0) is 6.54 Å². The Morgan fingerprint density at radius 3 is 2.84 bits per heavy atom. The van der Waals surface area contributed by atoms with Gasteiger partial charge in [-0.15, -0.1) is 0 Å². The largest absolute Gasteiger partial charge is 0.388 e. The quantitative estimate of drug-likeness (QED) is 0.882. The lowest BCUT2D eigenvalue weighted by atomic mass is 10.1. The number of imidazole rings is 1. The lowest BCUT2D eigenvalue weighted by Crippen LogP contribution is -2.26. The predicted molar refractivity (Wildman–Crippen MR) is 75.1 cm³/mol. The van der Waals surface area contributed by atoms with E-state index in [2.05, 4.69) is 15.3 Å². The molecule has 5 nitrogen and oxygen atoms in total. The van der Waals surface area contributed by atoms with E-state index in [4.69, 9.17) is 0 Å². The first-order valence-corrected chi connectivity index (χ1v) is 6.14. The van der Waals surface area contributed by atoms with E-state index in [0.29, 0.717) is 12.1 Å². The van der Waals surface area contributed by atoms with E-state index in [9.17, 15) is 4.79 Å². The molecule has 2 rings (SSSR count). The highest BCUT2D eigenvalue weighted by Gasteiger charge is 2.13. The molecule has 0 aliphatic rings. The number of rotatable bonds is 4. The fraction of sp³-hybridized carbons (Fsp3) is 0.286. The Labute approximate surface area is 112 Å². The normalized spacial score (nSPS) is 10.3. The summed E-state index contributed by atoms with van der Waals surface area (Å²) in [7, 11) is 3.64. The van der Waals surface area contributed by atoms with Crippen molar-refractivity contribution < 1.29 is 4.79 Å². The van der Waals surface area contributed by atoms with Crippen LogP contribution in [0.15, 0.2) is 30.6 Å². The molecule has 0 spiro atoms. The number of nitrogens with zero attached hydrogens (tertiary/aromatic N) is 2. The van der Waals surface area contributed by atoms with Crippen LogP contribution < -0.4 is 5.32 Å². The zero-order valence-corrected chi connectivity index (χ0v) is 11.4. The molecule has 5 heteroatoms. The Balaban J connectivity index is 2.12. The van der Waals surface area contributed by atoms with Gasteiger partial charge in [-0.2, -0.15) is 0 Å². The van der Waals surface area contributed by atoms with E-state index in [0.717, 1.165) is 17.1 Å². The van der Waals surface area contributed by atoms with Gasteiger partial charge in [0.2, 0.25) is 0 Å². The fourth-order valence-corrected chi connectivity index (χ4v) is 1.98. The topological polar surface area (TPSA) is 61.0 Å². The smallest absolute Gasteiger partial charge is 0.254 e. The number of hydrogen-bond donors (Lipinski definition) is 2. The summed E-state index contributed by atoms with van der Waals surface area (Å²) in [5.74, 6) is 0.765. The first-order valence-electron chi connectivity index (χ1n) is 6.14. The van der Waals surface area contributed by atoms with Gasteiger partial charge >= 0.3 is 0 Å². The Hall–Kier alpha value is -2.30. The van der Waals surface area contributed by atoms with Crippen molar-refractivity contribution in [1.82, 2.24) is 14.9 Å². The highest BCUT2D eigenvalue weighted by atomic mass is 16.2. The molecule has 1 heterocycles. The van der Waals surface area contributed by atoms with Crippen molar-refractivity contribution in [3.8, 4) is 0 Å². The first-order chi connectivity index (χ1) is 9.11. The van der Waals surface area contributed by atoms with Crippen molar-refractivity contribution in [3.05, 3.63) is 47.5 Å². The molecule has 0 bridgehead atoms. The van der Waals surface area contributed by atoms with Crippen molar-refractivity contribution in [1.29, 1.82) is 0 Å². The van der Waals surface area contributed by atoms with Gasteiger partial charge in [-0.05, 0) is 30.7 Å². The van der Waals surface area contributed by atoms with Gasteiger partial charge in [-0.1, -0.05) is 0 Å². The monoisotopic (exact) mass is 258 g/mol. The summed E-state index contributed by atoms with van der Waals surface area (Å²) < 4.78 is 0. The molecule has 0 saturated heterocycles. The van der Waals surface area contributed by atoms with Gasteiger partial charge < -0.3 is 15.2 Å². The van der Waals surface area contributed by atoms with Crippen molar-refractivity contribution in [3.63, 3.8) is 0 Å². The average Bonchev–Trinajstić information content (AvgIpc) is 2.90. The minimum atomic E-state index is -0.0119. The molecule has 0 aliphatic heterocycles. The van der Waals surface area contributed by atoms with E-state index >= 15 is 0 Å².